The second kappa shape index (κ2) is 3.14. The van der Waals surface area contributed by atoms with Gasteiger partial charge in [-0.2, -0.15) is 5.26 Å². The summed E-state index contributed by atoms with van der Waals surface area (Å²) in [5.74, 6) is 0.610. The Hall–Kier alpha value is -0.840. The summed E-state index contributed by atoms with van der Waals surface area (Å²) in [7, 11) is 0. The third-order valence-electron chi connectivity index (χ3n) is 3.72. The number of nitrogens with zero attached hydrogens (tertiary/aromatic N) is 1. The molecule has 0 N–H and O–H groups in total. The molecule has 70 valence electrons. The van der Waals surface area contributed by atoms with E-state index < -0.39 is 5.41 Å². The molecule has 2 nitrogen and oxygen atoms in total. The Bertz CT molecular complexity index is 264. The number of nitriles is 1. The van der Waals surface area contributed by atoms with Crippen molar-refractivity contribution in [2.24, 2.45) is 11.3 Å². The van der Waals surface area contributed by atoms with Gasteiger partial charge in [0.2, 0.25) is 0 Å². The van der Waals surface area contributed by atoms with Gasteiger partial charge >= 0.3 is 0 Å². The zero-order chi connectivity index (χ0) is 9.31. The van der Waals surface area contributed by atoms with E-state index in [1.54, 1.807) is 0 Å². The highest BCUT2D eigenvalue weighted by atomic mass is 16.1. The third-order valence-corrected chi connectivity index (χ3v) is 3.72. The minimum Gasteiger partial charge on any atom is -0.298 e. The molecule has 0 aromatic rings. The molecule has 2 heteroatoms. The average Bonchev–Trinajstić information content (AvgIpc) is 2.19. The van der Waals surface area contributed by atoms with Crippen molar-refractivity contribution in [3.8, 4) is 6.07 Å². The second-order valence-electron chi connectivity index (χ2n) is 4.34. The highest BCUT2D eigenvalue weighted by molar-refractivity contribution is 5.88. The Morgan fingerprint density at radius 3 is 2.77 bits per heavy atom. The van der Waals surface area contributed by atoms with Gasteiger partial charge in [-0.05, 0) is 31.6 Å². The summed E-state index contributed by atoms with van der Waals surface area (Å²) in [6, 6.07) is 2.32. The zero-order valence-corrected chi connectivity index (χ0v) is 7.88. The first-order chi connectivity index (χ1) is 6.29. The van der Waals surface area contributed by atoms with Gasteiger partial charge in [0.05, 0.1) is 6.07 Å². The maximum absolute atomic E-state index is 11.8. The lowest BCUT2D eigenvalue weighted by Gasteiger charge is -2.40. The van der Waals surface area contributed by atoms with Crippen molar-refractivity contribution in [3.05, 3.63) is 0 Å². The maximum Gasteiger partial charge on any atom is 0.153 e. The molecular formula is C11H15NO. The van der Waals surface area contributed by atoms with Crippen molar-refractivity contribution in [1.82, 2.24) is 0 Å². The van der Waals surface area contributed by atoms with Crippen LogP contribution in [-0.4, -0.2) is 5.78 Å². The Morgan fingerprint density at radius 1 is 1.31 bits per heavy atom. The molecule has 2 saturated carbocycles. The predicted molar refractivity (Wildman–Crippen MR) is 48.9 cm³/mol. The highest BCUT2D eigenvalue weighted by Gasteiger charge is 2.48. The predicted octanol–water partition coefficient (Wildman–Crippen LogP) is 2.44. The second-order valence-corrected chi connectivity index (χ2v) is 4.34. The lowest BCUT2D eigenvalue weighted by atomic mass is 9.59. The summed E-state index contributed by atoms with van der Waals surface area (Å²) in [5, 5.41) is 9.18. The molecule has 13 heavy (non-hydrogen) atoms. The van der Waals surface area contributed by atoms with Crippen LogP contribution >= 0.6 is 0 Å². The summed E-state index contributed by atoms with van der Waals surface area (Å²) in [6.07, 6.45) is 6.94. The SMILES string of the molecule is N#C[C@@]12CCCCC1CCCC2=O. The number of ketones is 1. The zero-order valence-electron chi connectivity index (χ0n) is 7.88. The van der Waals surface area contributed by atoms with Gasteiger partial charge in [-0.25, -0.2) is 0 Å². The van der Waals surface area contributed by atoms with Gasteiger partial charge in [-0.3, -0.25) is 4.79 Å². The van der Waals surface area contributed by atoms with Crippen LogP contribution < -0.4 is 0 Å². The third kappa shape index (κ3) is 1.18. The van der Waals surface area contributed by atoms with E-state index in [1.807, 2.05) is 0 Å². The summed E-state index contributed by atoms with van der Waals surface area (Å²) in [6.45, 7) is 0. The van der Waals surface area contributed by atoms with Crippen molar-refractivity contribution in [1.29, 1.82) is 5.26 Å². The normalized spacial score (nSPS) is 39.3. The average molecular weight is 177 g/mol. The molecule has 2 aliphatic rings. The van der Waals surface area contributed by atoms with Gasteiger partial charge in [0.25, 0.3) is 0 Å². The Balaban J connectivity index is 2.30. The fraction of sp³-hybridized carbons (Fsp3) is 0.818. The lowest BCUT2D eigenvalue weighted by Crippen LogP contribution is -2.42. The standard InChI is InChI=1S/C11H15NO/c12-8-11-7-2-1-4-9(11)5-3-6-10(11)13/h9H,1-7H2/t9?,11-/m0/s1. The van der Waals surface area contributed by atoms with E-state index in [0.29, 0.717) is 12.3 Å². The monoisotopic (exact) mass is 177 g/mol. The van der Waals surface area contributed by atoms with Crippen LogP contribution in [0.3, 0.4) is 0 Å². The number of carbonyl (C=O) groups excluding carboxylic acids is 1. The van der Waals surface area contributed by atoms with Crippen LogP contribution in [0, 0.1) is 22.7 Å². The first-order valence-corrected chi connectivity index (χ1v) is 5.24. The number of carbonyl (C=O) groups is 1. The van der Waals surface area contributed by atoms with Crippen LogP contribution in [0.2, 0.25) is 0 Å². The number of rotatable bonds is 0. The number of hydrogen-bond donors (Lipinski definition) is 0. The van der Waals surface area contributed by atoms with Crippen molar-refractivity contribution in [2.75, 3.05) is 0 Å². The van der Waals surface area contributed by atoms with E-state index in [4.69, 9.17) is 0 Å². The molecule has 1 unspecified atom stereocenters. The quantitative estimate of drug-likeness (QED) is 0.570. The summed E-state index contributed by atoms with van der Waals surface area (Å²) in [4.78, 5) is 11.8. The molecule has 0 saturated heterocycles. The van der Waals surface area contributed by atoms with Gasteiger partial charge in [0.15, 0.2) is 5.78 Å². The molecule has 2 rings (SSSR count). The fourth-order valence-corrected chi connectivity index (χ4v) is 2.94. The van der Waals surface area contributed by atoms with Crippen LogP contribution in [0.5, 0.6) is 0 Å². The molecule has 0 heterocycles. The van der Waals surface area contributed by atoms with E-state index >= 15 is 0 Å². The first-order valence-electron chi connectivity index (χ1n) is 5.24. The largest absolute Gasteiger partial charge is 0.298 e. The number of Topliss-reactive ketones (excluding diaryl/α,β-unsaturated/α-hetero) is 1. The molecule has 0 aromatic heterocycles. The Kier molecular flexibility index (Phi) is 2.11. The van der Waals surface area contributed by atoms with Crippen molar-refractivity contribution in [2.45, 2.75) is 44.9 Å². The Labute approximate surface area is 78.9 Å². The molecule has 2 aliphatic carbocycles. The van der Waals surface area contributed by atoms with Gasteiger partial charge in [-0.1, -0.05) is 12.8 Å². The minimum absolute atomic E-state index is 0.228. The molecule has 2 fully saturated rings. The van der Waals surface area contributed by atoms with Gasteiger partial charge < -0.3 is 0 Å². The van der Waals surface area contributed by atoms with Gasteiger partial charge in [0.1, 0.15) is 5.41 Å². The molecule has 0 amide bonds. The van der Waals surface area contributed by atoms with E-state index in [1.165, 1.54) is 6.42 Å². The minimum atomic E-state index is -0.559. The van der Waals surface area contributed by atoms with Crippen LogP contribution in [0.25, 0.3) is 0 Å². The molecule has 2 atom stereocenters. The van der Waals surface area contributed by atoms with Crippen LogP contribution in [0.1, 0.15) is 44.9 Å². The van der Waals surface area contributed by atoms with E-state index in [0.717, 1.165) is 32.1 Å². The first kappa shape index (κ1) is 8.74. The number of fused-ring (bicyclic) bond motifs is 1. The smallest absolute Gasteiger partial charge is 0.153 e. The lowest BCUT2D eigenvalue weighted by molar-refractivity contribution is -0.133. The van der Waals surface area contributed by atoms with Crippen molar-refractivity contribution in [3.63, 3.8) is 0 Å². The summed E-state index contributed by atoms with van der Waals surface area (Å²) >= 11 is 0. The van der Waals surface area contributed by atoms with Crippen molar-refractivity contribution >= 4 is 5.78 Å². The molecule has 0 aromatic carbocycles. The van der Waals surface area contributed by atoms with Crippen LogP contribution in [-0.2, 0) is 4.79 Å². The van der Waals surface area contributed by atoms with E-state index in [-0.39, 0.29) is 5.78 Å². The number of hydrogen-bond acceptors (Lipinski definition) is 2. The molecular weight excluding hydrogens is 162 g/mol. The molecule has 0 aliphatic heterocycles. The maximum atomic E-state index is 11.8. The highest BCUT2D eigenvalue weighted by Crippen LogP contribution is 2.47. The van der Waals surface area contributed by atoms with E-state index in [9.17, 15) is 10.1 Å². The van der Waals surface area contributed by atoms with Crippen LogP contribution in [0.15, 0.2) is 0 Å². The molecule has 0 spiro atoms. The van der Waals surface area contributed by atoms with E-state index in [2.05, 4.69) is 6.07 Å². The van der Waals surface area contributed by atoms with Gasteiger partial charge in [0, 0.05) is 6.42 Å². The van der Waals surface area contributed by atoms with Gasteiger partial charge in [-0.15, -0.1) is 0 Å². The summed E-state index contributed by atoms with van der Waals surface area (Å²) < 4.78 is 0. The molecule has 0 bridgehead atoms. The van der Waals surface area contributed by atoms with Crippen molar-refractivity contribution < 1.29 is 4.79 Å². The Morgan fingerprint density at radius 2 is 2.08 bits per heavy atom. The van der Waals surface area contributed by atoms with Crippen LogP contribution in [0.4, 0.5) is 0 Å². The molecule has 0 radical (unpaired) electrons. The topological polar surface area (TPSA) is 40.9 Å². The fourth-order valence-electron chi connectivity index (χ4n) is 2.94. The summed E-state index contributed by atoms with van der Waals surface area (Å²) in [5.41, 5.74) is -0.559.